The summed E-state index contributed by atoms with van der Waals surface area (Å²) in [5.74, 6) is 0.543. The minimum absolute atomic E-state index is 0.169. The number of ether oxygens (including phenoxy) is 1. The van der Waals surface area contributed by atoms with Crippen molar-refractivity contribution in [3.8, 4) is 5.75 Å². The molecule has 1 atom stereocenters. The molecule has 0 bridgehead atoms. The van der Waals surface area contributed by atoms with Crippen LogP contribution in [0.2, 0.25) is 0 Å². The molecule has 166 valence electrons. The van der Waals surface area contributed by atoms with E-state index >= 15 is 0 Å². The molecule has 0 N–H and O–H groups in total. The number of carbonyl (C=O) groups excluding carboxylic acids is 1. The zero-order valence-corrected chi connectivity index (χ0v) is 18.8. The fourth-order valence-corrected chi connectivity index (χ4v) is 5.07. The minimum atomic E-state index is -0.262. The second kappa shape index (κ2) is 9.42. The lowest BCUT2D eigenvalue weighted by Crippen LogP contribution is -2.41. The van der Waals surface area contributed by atoms with Crippen molar-refractivity contribution in [3.63, 3.8) is 0 Å². The summed E-state index contributed by atoms with van der Waals surface area (Å²) >= 11 is 1.73. The SMILES string of the molecule is O=C(c1ccc(=O)n(CCOc2ccccc2)n1)N1CCc2sccc2C1c1ccccc1. The van der Waals surface area contributed by atoms with Gasteiger partial charge in [-0.1, -0.05) is 48.5 Å². The Balaban J connectivity index is 1.39. The van der Waals surface area contributed by atoms with Crippen molar-refractivity contribution < 1.29 is 9.53 Å². The summed E-state index contributed by atoms with van der Waals surface area (Å²) in [4.78, 5) is 29.1. The number of para-hydroxylation sites is 1. The molecule has 7 heteroatoms. The molecule has 1 amide bonds. The van der Waals surface area contributed by atoms with Gasteiger partial charge in [-0.2, -0.15) is 5.10 Å². The Morgan fingerprint density at radius 1 is 1.00 bits per heavy atom. The zero-order valence-electron chi connectivity index (χ0n) is 18.0. The van der Waals surface area contributed by atoms with Gasteiger partial charge in [0.25, 0.3) is 11.5 Å². The van der Waals surface area contributed by atoms with Crippen LogP contribution in [-0.2, 0) is 13.0 Å². The predicted molar refractivity (Wildman–Crippen MR) is 128 cm³/mol. The number of hydrogen-bond acceptors (Lipinski definition) is 5. The van der Waals surface area contributed by atoms with Gasteiger partial charge in [0.1, 0.15) is 18.1 Å². The van der Waals surface area contributed by atoms with Crippen molar-refractivity contribution in [2.75, 3.05) is 13.2 Å². The number of hydrogen-bond donors (Lipinski definition) is 0. The second-order valence-electron chi connectivity index (χ2n) is 7.80. The van der Waals surface area contributed by atoms with Crippen molar-refractivity contribution >= 4 is 17.2 Å². The van der Waals surface area contributed by atoms with E-state index in [1.165, 1.54) is 21.7 Å². The van der Waals surface area contributed by atoms with Gasteiger partial charge in [-0.05, 0) is 47.2 Å². The molecule has 0 fully saturated rings. The molecule has 2 aromatic heterocycles. The van der Waals surface area contributed by atoms with Crippen LogP contribution in [0.15, 0.2) is 89.0 Å². The first kappa shape index (κ1) is 21.2. The zero-order chi connectivity index (χ0) is 22.6. The average Bonchev–Trinajstić information content (AvgIpc) is 3.34. The van der Waals surface area contributed by atoms with Gasteiger partial charge in [0, 0.05) is 17.5 Å². The maximum absolute atomic E-state index is 13.6. The minimum Gasteiger partial charge on any atom is -0.492 e. The van der Waals surface area contributed by atoms with Crippen LogP contribution in [0.25, 0.3) is 0 Å². The Bertz CT molecular complexity index is 1300. The topological polar surface area (TPSA) is 64.4 Å². The Hall–Kier alpha value is -3.71. The van der Waals surface area contributed by atoms with Crippen molar-refractivity contribution in [1.29, 1.82) is 0 Å². The van der Waals surface area contributed by atoms with Crippen molar-refractivity contribution in [1.82, 2.24) is 14.7 Å². The molecule has 5 rings (SSSR count). The van der Waals surface area contributed by atoms with Gasteiger partial charge >= 0.3 is 0 Å². The van der Waals surface area contributed by atoms with Crippen LogP contribution in [0.4, 0.5) is 0 Å². The molecule has 4 aromatic rings. The molecule has 1 aliphatic heterocycles. The van der Waals surface area contributed by atoms with E-state index in [9.17, 15) is 9.59 Å². The molecule has 3 heterocycles. The lowest BCUT2D eigenvalue weighted by atomic mass is 9.93. The van der Waals surface area contributed by atoms with Crippen LogP contribution >= 0.6 is 11.3 Å². The fourth-order valence-electron chi connectivity index (χ4n) is 4.17. The third-order valence-corrected chi connectivity index (χ3v) is 6.74. The number of aromatic nitrogens is 2. The average molecular weight is 458 g/mol. The molecule has 0 radical (unpaired) electrons. The lowest BCUT2D eigenvalue weighted by molar-refractivity contribution is 0.0686. The van der Waals surface area contributed by atoms with E-state index in [0.29, 0.717) is 6.54 Å². The lowest BCUT2D eigenvalue weighted by Gasteiger charge is -2.36. The maximum atomic E-state index is 13.6. The molecule has 0 spiro atoms. The summed E-state index contributed by atoms with van der Waals surface area (Å²) in [6.07, 6.45) is 0.812. The number of fused-ring (bicyclic) bond motifs is 1. The van der Waals surface area contributed by atoms with Gasteiger partial charge in [-0.15, -0.1) is 11.3 Å². The molecule has 1 aliphatic rings. The van der Waals surface area contributed by atoms with E-state index in [4.69, 9.17) is 4.74 Å². The molecule has 0 saturated heterocycles. The highest BCUT2D eigenvalue weighted by Crippen LogP contribution is 2.38. The monoisotopic (exact) mass is 457 g/mol. The summed E-state index contributed by atoms with van der Waals surface area (Å²) in [5.41, 5.74) is 2.22. The van der Waals surface area contributed by atoms with Crippen LogP contribution in [0.3, 0.4) is 0 Å². The number of benzene rings is 2. The smallest absolute Gasteiger partial charge is 0.275 e. The van der Waals surface area contributed by atoms with Gasteiger partial charge in [0.15, 0.2) is 0 Å². The molecule has 1 unspecified atom stereocenters. The number of carbonyl (C=O) groups is 1. The fraction of sp³-hybridized carbons (Fsp3) is 0.192. The van der Waals surface area contributed by atoms with Crippen LogP contribution in [-0.4, -0.2) is 33.7 Å². The van der Waals surface area contributed by atoms with Crippen LogP contribution in [0.1, 0.15) is 32.5 Å². The standard InChI is InChI=1S/C26H23N3O3S/c30-24-12-11-22(27-29(24)16-17-32-20-9-5-2-6-10-20)26(31)28-15-13-23-21(14-18-33-23)25(28)19-7-3-1-4-8-19/h1-12,14,18,25H,13,15-17H2. The summed E-state index contributed by atoms with van der Waals surface area (Å²) < 4.78 is 6.99. The molecular formula is C26H23N3O3S. The molecular weight excluding hydrogens is 434 g/mol. The summed E-state index contributed by atoms with van der Waals surface area (Å²) in [6, 6.07) is 24.3. The first-order chi connectivity index (χ1) is 16.2. The summed E-state index contributed by atoms with van der Waals surface area (Å²) in [7, 11) is 0. The first-order valence-electron chi connectivity index (χ1n) is 10.9. The van der Waals surface area contributed by atoms with Gasteiger partial charge in [0.2, 0.25) is 0 Å². The van der Waals surface area contributed by atoms with Crippen LogP contribution in [0.5, 0.6) is 5.75 Å². The highest BCUT2D eigenvalue weighted by Gasteiger charge is 2.33. The van der Waals surface area contributed by atoms with Crippen molar-refractivity contribution in [2.24, 2.45) is 0 Å². The van der Waals surface area contributed by atoms with E-state index in [2.05, 4.69) is 16.5 Å². The largest absolute Gasteiger partial charge is 0.492 e. The van der Waals surface area contributed by atoms with Gasteiger partial charge < -0.3 is 9.64 Å². The van der Waals surface area contributed by atoms with E-state index < -0.39 is 0 Å². The summed E-state index contributed by atoms with van der Waals surface area (Å²) in [6.45, 7) is 1.14. The highest BCUT2D eigenvalue weighted by atomic mass is 32.1. The third kappa shape index (κ3) is 4.45. The number of nitrogens with zero attached hydrogens (tertiary/aromatic N) is 3. The Morgan fingerprint density at radius 2 is 1.76 bits per heavy atom. The van der Waals surface area contributed by atoms with Gasteiger partial charge in [-0.3, -0.25) is 9.59 Å². The Labute approximate surface area is 195 Å². The van der Waals surface area contributed by atoms with Crippen LogP contribution < -0.4 is 10.3 Å². The van der Waals surface area contributed by atoms with E-state index in [-0.39, 0.29) is 36.4 Å². The van der Waals surface area contributed by atoms with Crippen molar-refractivity contribution in [3.05, 3.63) is 116 Å². The molecule has 33 heavy (non-hydrogen) atoms. The molecule has 0 aliphatic carbocycles. The number of rotatable bonds is 6. The van der Waals surface area contributed by atoms with E-state index in [0.717, 1.165) is 23.3 Å². The van der Waals surface area contributed by atoms with E-state index in [1.54, 1.807) is 11.3 Å². The van der Waals surface area contributed by atoms with Gasteiger partial charge in [-0.25, -0.2) is 4.68 Å². The normalized spacial score (nSPS) is 15.2. The maximum Gasteiger partial charge on any atom is 0.275 e. The quantitative estimate of drug-likeness (QED) is 0.436. The predicted octanol–water partition coefficient (Wildman–Crippen LogP) is 4.17. The molecule has 2 aromatic carbocycles. The highest BCUT2D eigenvalue weighted by molar-refractivity contribution is 7.10. The Kier molecular flexibility index (Phi) is 6.04. The van der Waals surface area contributed by atoms with Crippen LogP contribution in [0, 0.1) is 0 Å². The van der Waals surface area contributed by atoms with Gasteiger partial charge in [0.05, 0.1) is 12.6 Å². The number of amides is 1. The Morgan fingerprint density at radius 3 is 2.55 bits per heavy atom. The van der Waals surface area contributed by atoms with E-state index in [1.807, 2.05) is 65.6 Å². The second-order valence-corrected chi connectivity index (χ2v) is 8.80. The third-order valence-electron chi connectivity index (χ3n) is 5.74. The first-order valence-corrected chi connectivity index (χ1v) is 11.8. The molecule has 6 nitrogen and oxygen atoms in total. The van der Waals surface area contributed by atoms with Crippen molar-refractivity contribution in [2.45, 2.75) is 19.0 Å². The molecule has 0 saturated carbocycles. The number of thiophene rings is 1. The summed E-state index contributed by atoms with van der Waals surface area (Å²) in [5, 5.41) is 6.47.